The summed E-state index contributed by atoms with van der Waals surface area (Å²) in [5.41, 5.74) is -2.60. The summed E-state index contributed by atoms with van der Waals surface area (Å²) in [7, 11) is 1.04. The van der Waals surface area contributed by atoms with Crippen LogP contribution in [-0.4, -0.2) is 25.0 Å². The minimum absolute atomic E-state index is 0.0657. The Morgan fingerprint density at radius 3 is 1.87 bits per heavy atom. The number of halogens is 6. The number of alkyl halides is 6. The Hall–Kier alpha value is -3.04. The van der Waals surface area contributed by atoms with E-state index in [4.69, 9.17) is 0 Å². The van der Waals surface area contributed by atoms with Gasteiger partial charge in [0.05, 0.1) is 18.2 Å². The van der Waals surface area contributed by atoms with Crippen molar-refractivity contribution in [3.05, 3.63) is 70.3 Å². The fourth-order valence-corrected chi connectivity index (χ4v) is 2.62. The molecule has 0 unspecified atom stereocenters. The Labute approximate surface area is 167 Å². The number of rotatable bonds is 5. The van der Waals surface area contributed by atoms with E-state index in [9.17, 15) is 35.9 Å². The summed E-state index contributed by atoms with van der Waals surface area (Å²) in [6.07, 6.45) is -10.3. The molecule has 1 amide bonds. The Bertz CT molecular complexity index is 887. The smallest absolute Gasteiger partial charge is 0.416 e. The van der Waals surface area contributed by atoms with Gasteiger partial charge in [-0.1, -0.05) is 29.8 Å². The number of benzene rings is 2. The summed E-state index contributed by atoms with van der Waals surface area (Å²) in [4.78, 5) is 24.4. The van der Waals surface area contributed by atoms with Crippen molar-refractivity contribution in [1.29, 1.82) is 0 Å². The lowest BCUT2D eigenvalue weighted by atomic mass is 10.0. The van der Waals surface area contributed by atoms with Crippen LogP contribution in [0.25, 0.3) is 0 Å². The fourth-order valence-electron chi connectivity index (χ4n) is 2.62. The first-order valence-electron chi connectivity index (χ1n) is 8.55. The van der Waals surface area contributed by atoms with E-state index in [2.05, 4.69) is 10.1 Å². The highest BCUT2D eigenvalue weighted by atomic mass is 19.4. The molecule has 0 bridgehead atoms. The van der Waals surface area contributed by atoms with Crippen molar-refractivity contribution in [2.24, 2.45) is 0 Å². The maximum Gasteiger partial charge on any atom is 0.416 e. The zero-order valence-corrected chi connectivity index (χ0v) is 15.8. The highest BCUT2D eigenvalue weighted by Gasteiger charge is 2.37. The van der Waals surface area contributed by atoms with Gasteiger partial charge in [0.1, 0.15) is 6.04 Å². The first-order chi connectivity index (χ1) is 13.8. The van der Waals surface area contributed by atoms with Gasteiger partial charge in [-0.25, -0.2) is 4.79 Å². The van der Waals surface area contributed by atoms with E-state index in [1.165, 1.54) is 0 Å². The summed E-state index contributed by atoms with van der Waals surface area (Å²) < 4.78 is 82.5. The molecule has 0 radical (unpaired) electrons. The lowest BCUT2D eigenvalue weighted by Gasteiger charge is -2.18. The van der Waals surface area contributed by atoms with Crippen LogP contribution in [-0.2, 0) is 28.3 Å². The number of methoxy groups -OCH3 is 1. The van der Waals surface area contributed by atoms with Crippen LogP contribution in [0.4, 0.5) is 26.3 Å². The van der Waals surface area contributed by atoms with Gasteiger partial charge in [0, 0.05) is 12.0 Å². The molecule has 2 rings (SSSR count). The molecule has 30 heavy (non-hydrogen) atoms. The van der Waals surface area contributed by atoms with Crippen LogP contribution in [0.15, 0.2) is 42.5 Å². The van der Waals surface area contributed by atoms with E-state index in [0.29, 0.717) is 17.7 Å². The molecule has 2 aromatic carbocycles. The lowest BCUT2D eigenvalue weighted by molar-refractivity contribution is -0.144. The minimum atomic E-state index is -5.10. The monoisotopic (exact) mass is 433 g/mol. The molecule has 0 aliphatic carbocycles. The van der Waals surface area contributed by atoms with Gasteiger partial charge in [0.2, 0.25) is 0 Å². The standard InChI is InChI=1S/C20H17F6NO3/c1-11-3-5-12(6-4-11)7-16(18(29)30-2)27-17(28)13-8-14(19(21,22)23)10-15(9-13)20(24,25)26/h3-6,8-10,16H,7H2,1-2H3,(H,27,28)/t16-/m0/s1. The predicted molar refractivity (Wildman–Crippen MR) is 94.6 cm³/mol. The van der Waals surface area contributed by atoms with E-state index in [1.54, 1.807) is 24.3 Å². The largest absolute Gasteiger partial charge is 0.467 e. The number of carbonyl (C=O) groups excluding carboxylic acids is 2. The van der Waals surface area contributed by atoms with Gasteiger partial charge in [-0.2, -0.15) is 26.3 Å². The van der Waals surface area contributed by atoms with E-state index in [1.807, 2.05) is 6.92 Å². The maximum absolute atomic E-state index is 13.0. The summed E-state index contributed by atoms with van der Waals surface area (Å²) in [6.45, 7) is 1.83. The van der Waals surface area contributed by atoms with Crippen molar-refractivity contribution in [3.63, 3.8) is 0 Å². The van der Waals surface area contributed by atoms with Crippen LogP contribution in [0.3, 0.4) is 0 Å². The zero-order valence-electron chi connectivity index (χ0n) is 15.8. The van der Waals surface area contributed by atoms with Gasteiger partial charge in [0.15, 0.2) is 0 Å². The number of amides is 1. The predicted octanol–water partition coefficient (Wildman–Crippen LogP) is 4.55. The van der Waals surface area contributed by atoms with Gasteiger partial charge in [-0.05, 0) is 30.7 Å². The summed E-state index contributed by atoms with van der Waals surface area (Å²) in [5, 5.41) is 2.16. The molecule has 0 heterocycles. The van der Waals surface area contributed by atoms with Crippen molar-refractivity contribution >= 4 is 11.9 Å². The van der Waals surface area contributed by atoms with Crippen LogP contribution >= 0.6 is 0 Å². The maximum atomic E-state index is 13.0. The molecule has 4 nitrogen and oxygen atoms in total. The quantitative estimate of drug-likeness (QED) is 0.556. The molecule has 0 saturated heterocycles. The first kappa shape index (κ1) is 23.2. The number of esters is 1. The second-order valence-corrected chi connectivity index (χ2v) is 6.53. The third kappa shape index (κ3) is 5.98. The van der Waals surface area contributed by atoms with Crippen molar-refractivity contribution in [3.8, 4) is 0 Å². The summed E-state index contributed by atoms with van der Waals surface area (Å²) in [6, 6.07) is 6.03. The second kappa shape index (κ2) is 8.76. The Morgan fingerprint density at radius 1 is 0.933 bits per heavy atom. The zero-order chi connectivity index (χ0) is 22.7. The Morgan fingerprint density at radius 2 is 1.43 bits per heavy atom. The molecule has 0 aromatic heterocycles. The lowest BCUT2D eigenvalue weighted by Crippen LogP contribution is -2.43. The molecular formula is C20H17F6NO3. The van der Waals surface area contributed by atoms with Gasteiger partial charge in [-0.3, -0.25) is 4.79 Å². The highest BCUT2D eigenvalue weighted by molar-refractivity contribution is 5.97. The highest BCUT2D eigenvalue weighted by Crippen LogP contribution is 2.36. The van der Waals surface area contributed by atoms with Gasteiger partial charge in [-0.15, -0.1) is 0 Å². The molecule has 0 spiro atoms. The van der Waals surface area contributed by atoms with Crippen LogP contribution in [0.2, 0.25) is 0 Å². The normalized spacial score (nSPS) is 12.9. The number of hydrogen-bond donors (Lipinski definition) is 1. The van der Waals surface area contributed by atoms with Crippen molar-refractivity contribution in [2.45, 2.75) is 31.7 Å². The molecule has 0 aliphatic rings. The van der Waals surface area contributed by atoms with Crippen LogP contribution < -0.4 is 5.32 Å². The van der Waals surface area contributed by atoms with Gasteiger partial charge >= 0.3 is 18.3 Å². The molecule has 1 N–H and O–H groups in total. The third-order valence-electron chi connectivity index (χ3n) is 4.20. The SMILES string of the molecule is COC(=O)[C@H](Cc1ccc(C)cc1)NC(=O)c1cc(C(F)(F)F)cc(C(F)(F)F)c1. The van der Waals surface area contributed by atoms with Crippen LogP contribution in [0.5, 0.6) is 0 Å². The average Bonchev–Trinajstić information content (AvgIpc) is 2.66. The van der Waals surface area contributed by atoms with E-state index in [-0.39, 0.29) is 12.5 Å². The van der Waals surface area contributed by atoms with E-state index >= 15 is 0 Å². The first-order valence-corrected chi connectivity index (χ1v) is 8.55. The molecule has 1 atom stereocenters. The van der Waals surface area contributed by atoms with Crippen LogP contribution in [0, 0.1) is 6.92 Å². The average molecular weight is 433 g/mol. The van der Waals surface area contributed by atoms with Crippen molar-refractivity contribution in [2.75, 3.05) is 7.11 Å². The number of hydrogen-bond acceptors (Lipinski definition) is 3. The number of carbonyl (C=O) groups is 2. The molecule has 2 aromatic rings. The van der Waals surface area contributed by atoms with Crippen molar-refractivity contribution < 1.29 is 40.7 Å². The Balaban J connectivity index is 2.36. The summed E-state index contributed by atoms with van der Waals surface area (Å²) in [5.74, 6) is -2.17. The van der Waals surface area contributed by atoms with Crippen molar-refractivity contribution in [1.82, 2.24) is 5.32 Å². The molecule has 162 valence electrons. The molecule has 0 saturated carbocycles. The number of nitrogens with one attached hydrogen (secondary N) is 1. The fraction of sp³-hybridized carbons (Fsp3) is 0.300. The minimum Gasteiger partial charge on any atom is -0.467 e. The number of aryl methyl sites for hydroxylation is 1. The number of ether oxygens (including phenoxy) is 1. The van der Waals surface area contributed by atoms with Gasteiger partial charge in [0.25, 0.3) is 5.91 Å². The van der Waals surface area contributed by atoms with E-state index < -0.39 is 47.0 Å². The third-order valence-corrected chi connectivity index (χ3v) is 4.20. The topological polar surface area (TPSA) is 55.4 Å². The van der Waals surface area contributed by atoms with Gasteiger partial charge < -0.3 is 10.1 Å². The molecular weight excluding hydrogens is 416 g/mol. The molecule has 10 heteroatoms. The molecule has 0 fully saturated rings. The second-order valence-electron chi connectivity index (χ2n) is 6.53. The van der Waals surface area contributed by atoms with Crippen LogP contribution in [0.1, 0.15) is 32.6 Å². The van der Waals surface area contributed by atoms with E-state index in [0.717, 1.165) is 12.7 Å². The molecule has 0 aliphatic heterocycles. The Kier molecular flexibility index (Phi) is 6.79. The summed E-state index contributed by atoms with van der Waals surface area (Å²) >= 11 is 0.